The van der Waals surface area contributed by atoms with Crippen molar-refractivity contribution in [1.29, 1.82) is 0 Å². The van der Waals surface area contributed by atoms with E-state index in [-0.39, 0.29) is 23.5 Å². The number of rotatable bonds is 7. The maximum atomic E-state index is 12.3. The summed E-state index contributed by atoms with van der Waals surface area (Å²) in [7, 11) is 0. The molecule has 0 aliphatic carbocycles. The quantitative estimate of drug-likeness (QED) is 0.680. The third-order valence-electron chi connectivity index (χ3n) is 4.17. The summed E-state index contributed by atoms with van der Waals surface area (Å²) in [5.74, 6) is 0.935. The Kier molecular flexibility index (Phi) is 8.44. The Bertz CT molecular complexity index is 648. The van der Waals surface area contributed by atoms with Gasteiger partial charge in [0.25, 0.3) is 0 Å². The minimum atomic E-state index is -0.116. The van der Waals surface area contributed by atoms with E-state index in [1.165, 1.54) is 18.7 Å². The maximum Gasteiger partial charge on any atom is 0.234 e. The summed E-state index contributed by atoms with van der Waals surface area (Å²) >= 11 is 4.69. The van der Waals surface area contributed by atoms with E-state index < -0.39 is 0 Å². The van der Waals surface area contributed by atoms with E-state index >= 15 is 0 Å². The number of thioether (sulfide) groups is 1. The zero-order chi connectivity index (χ0) is 18.9. The van der Waals surface area contributed by atoms with Gasteiger partial charge in [0, 0.05) is 36.7 Å². The summed E-state index contributed by atoms with van der Waals surface area (Å²) in [6.07, 6.45) is 1.81. The average Bonchev–Trinajstić information content (AvgIpc) is 2.60. The van der Waals surface area contributed by atoms with Gasteiger partial charge >= 0.3 is 0 Å². The molecule has 0 spiro atoms. The number of carbonyl (C=O) groups excluding carboxylic acids is 3. The molecule has 2 N–H and O–H groups in total. The Morgan fingerprint density at radius 2 is 1.96 bits per heavy atom. The Hall–Kier alpha value is -1.54. The lowest BCUT2D eigenvalue weighted by Crippen LogP contribution is -2.42. The van der Waals surface area contributed by atoms with E-state index in [4.69, 9.17) is 0 Å². The van der Waals surface area contributed by atoms with Crippen LogP contribution in [0.4, 0.5) is 5.69 Å². The highest BCUT2D eigenvalue weighted by Crippen LogP contribution is 2.18. The van der Waals surface area contributed by atoms with Gasteiger partial charge in [-0.05, 0) is 37.0 Å². The van der Waals surface area contributed by atoms with Gasteiger partial charge in [0.05, 0.1) is 11.5 Å². The highest BCUT2D eigenvalue weighted by Gasteiger charge is 2.22. The van der Waals surface area contributed by atoms with Crippen LogP contribution in [0.15, 0.2) is 28.7 Å². The average molecular weight is 442 g/mol. The van der Waals surface area contributed by atoms with Gasteiger partial charge in [-0.1, -0.05) is 22.0 Å². The van der Waals surface area contributed by atoms with Gasteiger partial charge in [-0.2, -0.15) is 0 Å². The molecule has 0 atom stereocenters. The first-order chi connectivity index (χ1) is 12.4. The molecule has 1 aliphatic rings. The molecule has 1 heterocycles. The molecule has 0 aromatic heterocycles. The van der Waals surface area contributed by atoms with Gasteiger partial charge in [0.1, 0.15) is 0 Å². The van der Waals surface area contributed by atoms with Crippen molar-refractivity contribution in [3.05, 3.63) is 28.7 Å². The number of likely N-dealkylation sites (tertiary alicyclic amines) is 1. The highest BCUT2D eigenvalue weighted by atomic mass is 79.9. The molecule has 0 bridgehead atoms. The van der Waals surface area contributed by atoms with Gasteiger partial charge in [0.15, 0.2) is 0 Å². The van der Waals surface area contributed by atoms with Crippen molar-refractivity contribution < 1.29 is 14.4 Å². The fraction of sp³-hybridized carbons (Fsp3) is 0.500. The van der Waals surface area contributed by atoms with E-state index in [0.29, 0.717) is 31.3 Å². The van der Waals surface area contributed by atoms with Crippen LogP contribution >= 0.6 is 27.7 Å². The largest absolute Gasteiger partial charge is 0.356 e. The molecule has 26 heavy (non-hydrogen) atoms. The Morgan fingerprint density at radius 1 is 1.23 bits per heavy atom. The molecule has 6 nitrogen and oxygen atoms in total. The third-order valence-corrected chi connectivity index (χ3v) is 5.58. The van der Waals surface area contributed by atoms with Gasteiger partial charge in [0.2, 0.25) is 17.7 Å². The summed E-state index contributed by atoms with van der Waals surface area (Å²) < 4.78 is 0.903. The van der Waals surface area contributed by atoms with Crippen molar-refractivity contribution in [3.63, 3.8) is 0 Å². The number of anilines is 1. The monoisotopic (exact) mass is 441 g/mol. The zero-order valence-electron chi connectivity index (χ0n) is 14.8. The van der Waals surface area contributed by atoms with Crippen LogP contribution in [-0.4, -0.2) is 53.8 Å². The zero-order valence-corrected chi connectivity index (χ0v) is 17.2. The van der Waals surface area contributed by atoms with Gasteiger partial charge in [-0.15, -0.1) is 11.8 Å². The summed E-state index contributed by atoms with van der Waals surface area (Å²) in [6, 6.07) is 7.40. The molecule has 1 fully saturated rings. The number of amides is 3. The number of hydrogen-bond donors (Lipinski definition) is 2. The fourth-order valence-corrected chi connectivity index (χ4v) is 3.88. The lowest BCUT2D eigenvalue weighted by Gasteiger charge is -2.32. The summed E-state index contributed by atoms with van der Waals surface area (Å²) in [5.41, 5.74) is 0.734. The van der Waals surface area contributed by atoms with Crippen LogP contribution in [0, 0.1) is 5.92 Å². The molecular formula is C18H24BrN3O3S. The van der Waals surface area contributed by atoms with Crippen molar-refractivity contribution in [3.8, 4) is 0 Å². The molecule has 0 unspecified atom stereocenters. The number of halogens is 1. The second kappa shape index (κ2) is 10.6. The Balaban J connectivity index is 1.63. The first-order valence-electron chi connectivity index (χ1n) is 8.59. The predicted molar refractivity (Wildman–Crippen MR) is 108 cm³/mol. The van der Waals surface area contributed by atoms with Crippen molar-refractivity contribution >= 4 is 51.1 Å². The number of benzene rings is 1. The topological polar surface area (TPSA) is 78.5 Å². The summed E-state index contributed by atoms with van der Waals surface area (Å²) in [6.45, 7) is 3.63. The fourth-order valence-electron chi connectivity index (χ4n) is 2.76. The van der Waals surface area contributed by atoms with E-state index in [0.717, 1.165) is 23.0 Å². The number of carbonyl (C=O) groups is 3. The van der Waals surface area contributed by atoms with Crippen LogP contribution in [0.3, 0.4) is 0 Å². The Labute approximate surface area is 166 Å². The van der Waals surface area contributed by atoms with Crippen LogP contribution in [-0.2, 0) is 14.4 Å². The van der Waals surface area contributed by atoms with Crippen molar-refractivity contribution in [2.24, 2.45) is 5.92 Å². The van der Waals surface area contributed by atoms with Crippen molar-refractivity contribution in [2.75, 3.05) is 36.5 Å². The summed E-state index contributed by atoms with van der Waals surface area (Å²) in [5, 5.41) is 5.65. The standard InChI is InChI=1S/C18H24BrN3O3S/c1-13(23)20-10-14-5-7-22(8-6-14)18(25)12-26-11-17(24)21-16-4-2-3-15(19)9-16/h2-4,9,14H,5-8,10-12H2,1H3,(H,20,23)(H,21,24). The van der Waals surface area contributed by atoms with Crippen LogP contribution in [0.5, 0.6) is 0 Å². The van der Waals surface area contributed by atoms with E-state index in [1.807, 2.05) is 29.2 Å². The number of nitrogens with one attached hydrogen (secondary N) is 2. The minimum Gasteiger partial charge on any atom is -0.356 e. The normalized spacial score (nSPS) is 14.8. The maximum absolute atomic E-state index is 12.3. The van der Waals surface area contributed by atoms with E-state index in [1.54, 1.807) is 0 Å². The SMILES string of the molecule is CC(=O)NCC1CCN(C(=O)CSCC(=O)Nc2cccc(Br)c2)CC1. The molecule has 1 aromatic rings. The first kappa shape index (κ1) is 20.8. The minimum absolute atomic E-state index is 0.0129. The second-order valence-electron chi connectivity index (χ2n) is 6.31. The molecule has 1 saturated heterocycles. The molecule has 2 rings (SSSR count). The highest BCUT2D eigenvalue weighted by molar-refractivity contribution is 9.10. The van der Waals surface area contributed by atoms with Gasteiger partial charge in [-0.3, -0.25) is 14.4 Å². The molecule has 3 amide bonds. The van der Waals surface area contributed by atoms with Crippen molar-refractivity contribution in [1.82, 2.24) is 10.2 Å². The first-order valence-corrected chi connectivity index (χ1v) is 10.5. The van der Waals surface area contributed by atoms with Crippen LogP contribution < -0.4 is 10.6 Å². The van der Waals surface area contributed by atoms with Crippen LogP contribution in [0.2, 0.25) is 0 Å². The molecular weight excluding hydrogens is 418 g/mol. The predicted octanol–water partition coefficient (Wildman–Crippen LogP) is 2.50. The molecule has 142 valence electrons. The summed E-state index contributed by atoms with van der Waals surface area (Å²) in [4.78, 5) is 37.0. The van der Waals surface area contributed by atoms with E-state index in [9.17, 15) is 14.4 Å². The number of piperidine rings is 1. The number of hydrogen-bond acceptors (Lipinski definition) is 4. The Morgan fingerprint density at radius 3 is 2.62 bits per heavy atom. The molecule has 1 aliphatic heterocycles. The molecule has 0 radical (unpaired) electrons. The molecule has 8 heteroatoms. The third kappa shape index (κ3) is 7.37. The van der Waals surface area contributed by atoms with Gasteiger partial charge in [-0.25, -0.2) is 0 Å². The molecule has 1 aromatic carbocycles. The van der Waals surface area contributed by atoms with Gasteiger partial charge < -0.3 is 15.5 Å². The van der Waals surface area contributed by atoms with Crippen LogP contribution in [0.25, 0.3) is 0 Å². The lowest BCUT2D eigenvalue weighted by molar-refractivity contribution is -0.130. The second-order valence-corrected chi connectivity index (χ2v) is 8.21. The van der Waals surface area contributed by atoms with E-state index in [2.05, 4.69) is 26.6 Å². The van der Waals surface area contributed by atoms with Crippen molar-refractivity contribution in [2.45, 2.75) is 19.8 Å². The molecule has 0 saturated carbocycles. The smallest absolute Gasteiger partial charge is 0.234 e. The number of nitrogens with zero attached hydrogens (tertiary/aromatic N) is 1. The van der Waals surface area contributed by atoms with Crippen LogP contribution in [0.1, 0.15) is 19.8 Å². The lowest BCUT2D eigenvalue weighted by atomic mass is 9.97.